The average Bonchev–Trinajstić information content (AvgIpc) is 3.40. The number of nitrogens with one attached hydrogen (secondary N) is 3. The number of benzene rings is 2. The molecular weight excluding hydrogens is 741 g/mol. The summed E-state index contributed by atoms with van der Waals surface area (Å²) in [5.74, 6) is -4.19. The van der Waals surface area contributed by atoms with Crippen LogP contribution in [0.15, 0.2) is 59.5 Å². The molecule has 1 aliphatic carbocycles. The van der Waals surface area contributed by atoms with Gasteiger partial charge in [-0.1, -0.05) is 37.1 Å². The molecule has 4 aliphatic rings. The van der Waals surface area contributed by atoms with Crippen LogP contribution in [0.4, 0.5) is 18.4 Å². The normalized spacial score (nSPS) is 25.7. The number of allylic oxidation sites excluding steroid dienone is 1. The minimum atomic E-state index is -4.48. The Labute approximate surface area is 318 Å². The van der Waals surface area contributed by atoms with Crippen LogP contribution in [0.1, 0.15) is 76.8 Å². The van der Waals surface area contributed by atoms with Crippen molar-refractivity contribution in [1.29, 1.82) is 0 Å². The number of nitrogens with zero attached hydrogens (tertiary/aromatic N) is 2. The maximum Gasteiger partial charge on any atom is 0.410 e. The maximum atomic E-state index is 14.4. The fourth-order valence-corrected chi connectivity index (χ4v) is 8.27. The van der Waals surface area contributed by atoms with Gasteiger partial charge in [0.25, 0.3) is 15.9 Å². The lowest BCUT2D eigenvalue weighted by Gasteiger charge is -2.30. The Morgan fingerprint density at radius 3 is 2.45 bits per heavy atom. The minimum Gasteiger partial charge on any atom is -0.444 e. The molecule has 0 spiro atoms. The summed E-state index contributed by atoms with van der Waals surface area (Å²) >= 11 is 0. The molecular formula is C38H45F2N5O9S. The number of hydrogen-bond acceptors (Lipinski definition) is 9. The highest BCUT2D eigenvalue weighted by Gasteiger charge is 2.61. The molecule has 1 saturated heterocycles. The monoisotopic (exact) mass is 785 g/mol. The lowest BCUT2D eigenvalue weighted by Crippen LogP contribution is -2.58. The van der Waals surface area contributed by atoms with E-state index in [4.69, 9.17) is 9.47 Å². The quantitative estimate of drug-likeness (QED) is 0.375. The molecule has 3 N–H and O–H groups in total. The number of rotatable bonds is 5. The van der Waals surface area contributed by atoms with E-state index in [2.05, 4.69) is 10.6 Å². The van der Waals surface area contributed by atoms with Crippen LogP contribution in [0, 0.1) is 17.6 Å². The van der Waals surface area contributed by atoms with Crippen LogP contribution in [0.2, 0.25) is 0 Å². The summed E-state index contributed by atoms with van der Waals surface area (Å²) in [5.41, 5.74) is -1.60. The molecule has 0 bridgehead atoms. The summed E-state index contributed by atoms with van der Waals surface area (Å²) in [6.45, 7) is 4.84. The highest BCUT2D eigenvalue weighted by atomic mass is 32.2. The molecule has 296 valence electrons. The van der Waals surface area contributed by atoms with Crippen molar-refractivity contribution < 1.29 is 50.6 Å². The van der Waals surface area contributed by atoms with Gasteiger partial charge in [0.2, 0.25) is 11.8 Å². The number of sulfonamides is 1. The number of fused-ring (bicyclic) bond motifs is 3. The van der Waals surface area contributed by atoms with E-state index in [0.717, 1.165) is 24.3 Å². The molecule has 14 nitrogen and oxygen atoms in total. The van der Waals surface area contributed by atoms with E-state index >= 15 is 0 Å². The van der Waals surface area contributed by atoms with E-state index in [1.165, 1.54) is 15.9 Å². The van der Waals surface area contributed by atoms with Gasteiger partial charge in [-0.25, -0.2) is 31.5 Å². The van der Waals surface area contributed by atoms with Crippen LogP contribution in [-0.4, -0.2) is 84.0 Å². The van der Waals surface area contributed by atoms with Crippen LogP contribution in [0.25, 0.3) is 0 Å². The molecule has 0 aromatic heterocycles. The maximum absolute atomic E-state index is 14.4. The van der Waals surface area contributed by atoms with Crippen LogP contribution in [0.5, 0.6) is 0 Å². The van der Waals surface area contributed by atoms with Crippen molar-refractivity contribution in [1.82, 2.24) is 25.2 Å². The highest BCUT2D eigenvalue weighted by molar-refractivity contribution is 7.90. The zero-order valence-electron chi connectivity index (χ0n) is 30.8. The predicted molar refractivity (Wildman–Crippen MR) is 192 cm³/mol. The van der Waals surface area contributed by atoms with Gasteiger partial charge >= 0.3 is 12.2 Å². The Hall–Kier alpha value is -5.06. The Morgan fingerprint density at radius 1 is 1.00 bits per heavy atom. The van der Waals surface area contributed by atoms with E-state index in [-0.39, 0.29) is 43.8 Å². The molecule has 5 amide bonds. The minimum absolute atomic E-state index is 0.0324. The first kappa shape index (κ1) is 39.6. The van der Waals surface area contributed by atoms with Gasteiger partial charge in [-0.15, -0.1) is 0 Å². The summed E-state index contributed by atoms with van der Waals surface area (Å²) in [5, 5.41) is 5.36. The van der Waals surface area contributed by atoms with Crippen LogP contribution in [0.3, 0.4) is 0 Å². The number of carbonyl (C=O) groups is 5. The second-order valence-corrected chi connectivity index (χ2v) is 17.1. The fraction of sp³-hybridized carbons (Fsp3) is 0.500. The Balaban J connectivity index is 1.26. The number of hydrogen-bond donors (Lipinski definition) is 3. The van der Waals surface area contributed by atoms with Crippen molar-refractivity contribution in [2.45, 2.75) is 113 Å². The van der Waals surface area contributed by atoms with Crippen molar-refractivity contribution in [2.75, 3.05) is 6.54 Å². The van der Waals surface area contributed by atoms with E-state index in [1.54, 1.807) is 39.0 Å². The van der Waals surface area contributed by atoms with E-state index in [0.29, 0.717) is 36.8 Å². The highest BCUT2D eigenvalue weighted by Crippen LogP contribution is 2.46. The number of carbonyl (C=O) groups excluding carboxylic acids is 5. The van der Waals surface area contributed by atoms with Gasteiger partial charge in [-0.2, -0.15) is 0 Å². The van der Waals surface area contributed by atoms with E-state index in [1.807, 2.05) is 10.8 Å². The smallest absolute Gasteiger partial charge is 0.410 e. The first-order valence-corrected chi connectivity index (χ1v) is 19.8. The van der Waals surface area contributed by atoms with Crippen molar-refractivity contribution >= 4 is 39.9 Å². The Bertz CT molecular complexity index is 1990. The zero-order chi connectivity index (χ0) is 39.7. The molecule has 2 aromatic rings. The van der Waals surface area contributed by atoms with Crippen molar-refractivity contribution in [2.24, 2.45) is 5.92 Å². The van der Waals surface area contributed by atoms with Gasteiger partial charge in [0.1, 0.15) is 41.0 Å². The Morgan fingerprint density at radius 2 is 1.75 bits per heavy atom. The molecule has 1 saturated carbocycles. The molecule has 2 fully saturated rings. The van der Waals surface area contributed by atoms with Gasteiger partial charge in [0, 0.05) is 24.4 Å². The second-order valence-electron chi connectivity index (χ2n) is 15.4. The third kappa shape index (κ3) is 9.09. The van der Waals surface area contributed by atoms with Gasteiger partial charge in [0.05, 0.1) is 18.0 Å². The molecule has 17 heteroatoms. The molecule has 0 unspecified atom stereocenters. The van der Waals surface area contributed by atoms with Crippen molar-refractivity contribution in [3.05, 3.63) is 77.4 Å². The third-order valence-corrected chi connectivity index (χ3v) is 11.5. The van der Waals surface area contributed by atoms with Gasteiger partial charge < -0.3 is 25.0 Å². The van der Waals surface area contributed by atoms with E-state index < -0.39 is 86.8 Å². The summed E-state index contributed by atoms with van der Waals surface area (Å²) < 4.78 is 67.6. The summed E-state index contributed by atoms with van der Waals surface area (Å²) in [6.07, 6.45) is 3.55. The number of ether oxygens (including phenoxy) is 2. The van der Waals surface area contributed by atoms with Crippen molar-refractivity contribution in [3.63, 3.8) is 0 Å². The molecule has 3 aliphatic heterocycles. The molecule has 2 aromatic carbocycles. The topological polar surface area (TPSA) is 181 Å². The van der Waals surface area contributed by atoms with Crippen molar-refractivity contribution in [3.8, 4) is 0 Å². The van der Waals surface area contributed by atoms with Gasteiger partial charge in [0.15, 0.2) is 0 Å². The summed E-state index contributed by atoms with van der Waals surface area (Å²) in [6, 6.07) is 6.00. The third-order valence-electron chi connectivity index (χ3n) is 10.1. The fourth-order valence-electron chi connectivity index (χ4n) is 7.23. The standard InChI is InChI=1S/C38H45F2N5O9S/c1-37(2,3)54-35(49)41-30-13-8-6-4-5-7-11-24-19-38(24,34(48)43-55(51,52)27-16-14-25(39)15-17-27)42-32(46)31-18-26(21-45(31)33(30)47)53-36(50)44-20-23-10-9-12-29(40)28(23)22-44/h7,9-12,14-17,24,26,30-31H,4-6,8,13,18-22H2,1-3H3,(H,41,49)(H,42,46)(H,43,48)/t24-,26-,30+,31+,38-/m1/s1. The molecule has 3 heterocycles. The van der Waals surface area contributed by atoms with Gasteiger partial charge in [-0.3, -0.25) is 19.3 Å². The average molecular weight is 786 g/mol. The molecule has 5 atom stereocenters. The first-order chi connectivity index (χ1) is 26.0. The first-order valence-electron chi connectivity index (χ1n) is 18.3. The van der Waals surface area contributed by atoms with Crippen LogP contribution < -0.4 is 15.4 Å². The van der Waals surface area contributed by atoms with Gasteiger partial charge in [-0.05, 0) is 82.3 Å². The lowest BCUT2D eigenvalue weighted by atomic mass is 10.0. The SMILES string of the molecule is CC(C)(C)OC(=O)N[C@H]1CCCCCC=C[C@@H]2C[C@@]2(C(=O)NS(=O)(=O)c2ccc(F)cc2)NC(=O)[C@@H]2C[C@@H](OC(=O)N3Cc4cccc(F)c4C3)CN2C1=O. The number of amides is 5. The number of halogens is 2. The number of alkyl carbamates (subject to hydrolysis) is 1. The largest absolute Gasteiger partial charge is 0.444 e. The summed E-state index contributed by atoms with van der Waals surface area (Å²) in [7, 11) is -4.48. The predicted octanol–water partition coefficient (Wildman–Crippen LogP) is 4.18. The molecule has 0 radical (unpaired) electrons. The van der Waals surface area contributed by atoms with Crippen LogP contribution >= 0.6 is 0 Å². The van der Waals surface area contributed by atoms with Crippen LogP contribution in [-0.2, 0) is 47.0 Å². The Kier molecular flexibility index (Phi) is 11.2. The lowest BCUT2D eigenvalue weighted by molar-refractivity contribution is -0.141. The zero-order valence-corrected chi connectivity index (χ0v) is 31.6. The second kappa shape index (κ2) is 15.6. The molecule has 6 rings (SSSR count). The summed E-state index contributed by atoms with van der Waals surface area (Å²) in [4.78, 5) is 70.9. The molecule has 55 heavy (non-hydrogen) atoms. The van der Waals surface area contributed by atoms with E-state index in [9.17, 15) is 41.2 Å².